The molecule has 0 spiro atoms. The first-order valence-corrected chi connectivity index (χ1v) is 13.0. The largest absolute Gasteiger partial charge is 0.394 e. The number of hydrogen-bond donors (Lipinski definition) is 3. The number of likely N-dealkylation sites (tertiary alicyclic amines) is 1. The number of piperidine rings is 1. The summed E-state index contributed by atoms with van der Waals surface area (Å²) in [4.78, 5) is 15.3. The molecule has 3 aliphatic carbocycles. The van der Waals surface area contributed by atoms with Crippen LogP contribution in [0.15, 0.2) is 0 Å². The average Bonchev–Trinajstić information content (AvgIpc) is 2.76. The molecule has 1 unspecified atom stereocenters. The first kappa shape index (κ1) is 24.4. The highest BCUT2D eigenvalue weighted by Crippen LogP contribution is 2.63. The van der Waals surface area contributed by atoms with Crippen molar-refractivity contribution in [1.29, 1.82) is 0 Å². The van der Waals surface area contributed by atoms with Crippen molar-refractivity contribution in [3.8, 4) is 0 Å². The predicted octanol–water partition coefficient (Wildman–Crippen LogP) is 2.98. The molecule has 1 amide bonds. The third-order valence-corrected chi connectivity index (χ3v) is 10.0. The molecule has 0 aromatic carbocycles. The van der Waals surface area contributed by atoms with E-state index in [9.17, 15) is 15.0 Å². The van der Waals surface area contributed by atoms with Crippen LogP contribution in [0.3, 0.4) is 0 Å². The van der Waals surface area contributed by atoms with Gasteiger partial charge >= 0.3 is 0 Å². The third-order valence-electron chi connectivity index (χ3n) is 10.0. The molecule has 0 bridgehead atoms. The van der Waals surface area contributed by atoms with E-state index in [1.165, 1.54) is 6.42 Å². The van der Waals surface area contributed by atoms with Gasteiger partial charge in [0.15, 0.2) is 0 Å². The maximum absolute atomic E-state index is 13.1. The van der Waals surface area contributed by atoms with Gasteiger partial charge in [-0.25, -0.2) is 0 Å². The van der Waals surface area contributed by atoms with Gasteiger partial charge in [-0.3, -0.25) is 4.79 Å². The molecule has 3 N–H and O–H groups in total. The molecular weight excluding hydrogens is 406 g/mol. The van der Waals surface area contributed by atoms with E-state index in [2.05, 4.69) is 18.7 Å². The first-order chi connectivity index (χ1) is 15.1. The van der Waals surface area contributed by atoms with Crippen molar-refractivity contribution in [2.24, 2.45) is 35.0 Å². The number of hydrogen-bond acceptors (Lipinski definition) is 5. The normalized spacial score (nSPS) is 45.1. The smallest absolute Gasteiger partial charge is 0.225 e. The summed E-state index contributed by atoms with van der Waals surface area (Å²) in [5.41, 5.74) is 0.0762. The molecule has 1 aliphatic heterocycles. The molecule has 3 saturated carbocycles. The topological polar surface area (TPSA) is 90.2 Å². The van der Waals surface area contributed by atoms with E-state index in [4.69, 9.17) is 9.84 Å². The van der Waals surface area contributed by atoms with Gasteiger partial charge in [0.1, 0.15) is 6.10 Å². The zero-order valence-corrected chi connectivity index (χ0v) is 20.5. The van der Waals surface area contributed by atoms with E-state index in [-0.39, 0.29) is 42.1 Å². The summed E-state index contributed by atoms with van der Waals surface area (Å²) in [6.45, 7) is 9.47. The number of fused-ring (bicyclic) bond motifs is 5. The molecule has 6 heteroatoms. The van der Waals surface area contributed by atoms with Crippen LogP contribution in [0.5, 0.6) is 0 Å². The minimum Gasteiger partial charge on any atom is -0.394 e. The molecule has 0 aromatic rings. The maximum Gasteiger partial charge on any atom is 0.225 e. The lowest BCUT2D eigenvalue weighted by atomic mass is 9.44. The Morgan fingerprint density at radius 3 is 2.50 bits per heavy atom. The highest BCUT2D eigenvalue weighted by Gasteiger charge is 2.61. The van der Waals surface area contributed by atoms with Crippen LogP contribution in [0.1, 0.15) is 79.1 Å². The fourth-order valence-electron chi connectivity index (χ4n) is 8.33. The van der Waals surface area contributed by atoms with Crippen molar-refractivity contribution in [2.45, 2.75) is 103 Å². The van der Waals surface area contributed by atoms with Gasteiger partial charge in [-0.05, 0) is 87.4 Å². The van der Waals surface area contributed by atoms with Crippen molar-refractivity contribution in [2.75, 3.05) is 19.8 Å². The molecule has 4 rings (SSSR count). The Morgan fingerprint density at radius 2 is 1.81 bits per heavy atom. The zero-order valence-electron chi connectivity index (χ0n) is 20.5. The number of aliphatic hydroxyl groups is 3. The fraction of sp³-hybridized carbons (Fsp3) is 0.962. The number of nitrogens with zero attached hydrogens (tertiary/aromatic N) is 1. The summed E-state index contributed by atoms with van der Waals surface area (Å²) < 4.78 is 5.84. The van der Waals surface area contributed by atoms with Gasteiger partial charge in [0.2, 0.25) is 5.91 Å². The summed E-state index contributed by atoms with van der Waals surface area (Å²) >= 11 is 0. The molecule has 4 fully saturated rings. The predicted molar refractivity (Wildman–Crippen MR) is 123 cm³/mol. The average molecular weight is 452 g/mol. The van der Waals surface area contributed by atoms with Gasteiger partial charge in [0, 0.05) is 18.0 Å². The number of carbonyl (C=O) groups excluding carboxylic acids is 1. The van der Waals surface area contributed by atoms with E-state index < -0.39 is 12.2 Å². The lowest BCUT2D eigenvalue weighted by Gasteiger charge is -2.65. The first-order valence-electron chi connectivity index (χ1n) is 13.0. The molecule has 32 heavy (non-hydrogen) atoms. The molecular formula is C26H45NO5. The van der Waals surface area contributed by atoms with Gasteiger partial charge in [-0.1, -0.05) is 20.8 Å². The van der Waals surface area contributed by atoms with Crippen molar-refractivity contribution in [3.63, 3.8) is 0 Å². The zero-order chi connectivity index (χ0) is 23.3. The lowest BCUT2D eigenvalue weighted by Crippen LogP contribution is -2.66. The molecule has 4 aliphatic rings. The second kappa shape index (κ2) is 9.16. The highest BCUT2D eigenvalue weighted by molar-refractivity contribution is 5.79. The van der Waals surface area contributed by atoms with Crippen LogP contribution >= 0.6 is 0 Å². The SMILES string of the molecule is CC(C)C(=O)N1CCC[C@H]2[C@@H]3CCC4[C@@H](O)[C@@H](OC[C@H](O)CO)CC[C@@]4(C)[C@H]3CC[C@@]21C. The van der Waals surface area contributed by atoms with Gasteiger partial charge in [-0.2, -0.15) is 0 Å². The van der Waals surface area contributed by atoms with Crippen molar-refractivity contribution in [1.82, 2.24) is 4.90 Å². The van der Waals surface area contributed by atoms with Crippen LogP contribution in [0, 0.1) is 35.0 Å². The van der Waals surface area contributed by atoms with E-state index in [1.54, 1.807) is 0 Å². The lowest BCUT2D eigenvalue weighted by molar-refractivity contribution is -0.198. The van der Waals surface area contributed by atoms with Crippen molar-refractivity contribution < 1.29 is 24.9 Å². The summed E-state index contributed by atoms with van der Waals surface area (Å²) in [7, 11) is 0. The molecule has 0 radical (unpaired) electrons. The number of rotatable bonds is 5. The minimum absolute atomic E-state index is 0.0245. The molecule has 6 nitrogen and oxygen atoms in total. The number of carbonyl (C=O) groups is 1. The summed E-state index contributed by atoms with van der Waals surface area (Å²) in [5.74, 6) is 2.35. The molecule has 1 saturated heterocycles. The van der Waals surface area contributed by atoms with Crippen LogP contribution < -0.4 is 0 Å². The number of aliphatic hydroxyl groups excluding tert-OH is 3. The quantitative estimate of drug-likeness (QED) is 0.598. The second-order valence-corrected chi connectivity index (χ2v) is 12.0. The Hall–Kier alpha value is -0.690. The Kier molecular flexibility index (Phi) is 7.00. The minimum atomic E-state index is -0.884. The monoisotopic (exact) mass is 451 g/mol. The Balaban J connectivity index is 1.51. The number of amides is 1. The summed E-state index contributed by atoms with van der Waals surface area (Å²) in [6.07, 6.45) is 6.83. The van der Waals surface area contributed by atoms with Gasteiger partial charge in [0.05, 0.1) is 25.4 Å². The van der Waals surface area contributed by atoms with Crippen LogP contribution in [0.4, 0.5) is 0 Å². The fourth-order valence-corrected chi connectivity index (χ4v) is 8.33. The van der Waals surface area contributed by atoms with E-state index in [0.717, 1.165) is 51.5 Å². The van der Waals surface area contributed by atoms with E-state index in [1.807, 2.05) is 13.8 Å². The van der Waals surface area contributed by atoms with Crippen molar-refractivity contribution >= 4 is 5.91 Å². The van der Waals surface area contributed by atoms with Gasteiger partial charge in [-0.15, -0.1) is 0 Å². The Bertz CT molecular complexity index is 685. The summed E-state index contributed by atoms with van der Waals surface area (Å²) in [5, 5.41) is 30.0. The number of ether oxygens (including phenoxy) is 1. The molecule has 0 aromatic heterocycles. The third kappa shape index (κ3) is 3.93. The van der Waals surface area contributed by atoms with Crippen LogP contribution in [-0.4, -0.2) is 69.7 Å². The van der Waals surface area contributed by atoms with Crippen LogP contribution in [-0.2, 0) is 9.53 Å². The van der Waals surface area contributed by atoms with Crippen LogP contribution in [0.25, 0.3) is 0 Å². The van der Waals surface area contributed by atoms with Crippen LogP contribution in [0.2, 0.25) is 0 Å². The van der Waals surface area contributed by atoms with E-state index in [0.29, 0.717) is 23.7 Å². The maximum atomic E-state index is 13.1. The van der Waals surface area contributed by atoms with Crippen molar-refractivity contribution in [3.05, 3.63) is 0 Å². The Labute approximate surface area is 193 Å². The van der Waals surface area contributed by atoms with Gasteiger partial charge in [0.25, 0.3) is 0 Å². The Morgan fingerprint density at radius 1 is 1.06 bits per heavy atom. The molecule has 9 atom stereocenters. The second-order valence-electron chi connectivity index (χ2n) is 12.0. The molecule has 184 valence electrons. The highest BCUT2D eigenvalue weighted by atomic mass is 16.5. The summed E-state index contributed by atoms with van der Waals surface area (Å²) in [6, 6.07) is 0. The van der Waals surface area contributed by atoms with Gasteiger partial charge < -0.3 is 25.0 Å². The molecule has 1 heterocycles. The standard InChI is InChI=1S/C26H45NO5/c1-16(2)24(31)27-13-5-6-20-18-7-8-21-23(30)22(32-15-17(29)14-28)10-11-25(21,3)19(18)9-12-26(20,27)4/h16-23,28-30H,5-15H2,1-4H3/t17-,18-,19+,20+,21?,22+,23-,25+,26+/m1/s1. The van der Waals surface area contributed by atoms with E-state index >= 15 is 0 Å².